The summed E-state index contributed by atoms with van der Waals surface area (Å²) in [5, 5.41) is 0. The Morgan fingerprint density at radius 3 is 2.75 bits per heavy atom. The molecule has 8 heavy (non-hydrogen) atoms. The highest BCUT2D eigenvalue weighted by atomic mass is 15.1. The molecule has 1 unspecified atom stereocenters. The predicted octanol–water partition coefficient (Wildman–Crippen LogP) is 1.51. The van der Waals surface area contributed by atoms with Gasteiger partial charge in [0.1, 0.15) is 0 Å². The Morgan fingerprint density at radius 2 is 2.38 bits per heavy atom. The van der Waals surface area contributed by atoms with Crippen LogP contribution in [-0.2, 0) is 0 Å². The first-order valence-corrected chi connectivity index (χ1v) is 3.34. The van der Waals surface area contributed by atoms with E-state index < -0.39 is 0 Å². The van der Waals surface area contributed by atoms with Gasteiger partial charge in [0, 0.05) is 13.6 Å². The lowest BCUT2D eigenvalue weighted by Gasteiger charge is -2.26. The van der Waals surface area contributed by atoms with Crippen molar-refractivity contribution < 1.29 is 0 Å². The van der Waals surface area contributed by atoms with Gasteiger partial charge in [-0.1, -0.05) is 6.92 Å². The fourth-order valence-electron chi connectivity index (χ4n) is 1.29. The van der Waals surface area contributed by atoms with E-state index in [9.17, 15) is 0 Å². The maximum Gasteiger partial charge on any atom is 0.0109 e. The second kappa shape index (κ2) is 2.49. The van der Waals surface area contributed by atoms with Crippen LogP contribution < -0.4 is 0 Å². The van der Waals surface area contributed by atoms with E-state index in [0.717, 1.165) is 5.92 Å². The van der Waals surface area contributed by atoms with Gasteiger partial charge in [-0.2, -0.15) is 0 Å². The second-order valence-electron chi connectivity index (χ2n) is 2.82. The summed E-state index contributed by atoms with van der Waals surface area (Å²) in [6.45, 7) is 4.68. The lowest BCUT2D eigenvalue weighted by Crippen LogP contribution is -2.28. The molecule has 1 saturated heterocycles. The predicted molar refractivity (Wildman–Crippen MR) is 35.3 cm³/mol. The third kappa shape index (κ3) is 1.48. The van der Waals surface area contributed by atoms with Crippen LogP contribution in [0.1, 0.15) is 19.8 Å². The summed E-state index contributed by atoms with van der Waals surface area (Å²) in [7, 11) is 3.88. The van der Waals surface area contributed by atoms with E-state index in [4.69, 9.17) is 0 Å². The van der Waals surface area contributed by atoms with Gasteiger partial charge in [0.2, 0.25) is 0 Å². The fourth-order valence-corrected chi connectivity index (χ4v) is 1.29. The Kier molecular flexibility index (Phi) is 1.90. The molecule has 0 aromatic carbocycles. The smallest absolute Gasteiger partial charge is 0.0109 e. The molecule has 47 valence electrons. The third-order valence-electron chi connectivity index (χ3n) is 1.74. The average molecular weight is 112 g/mol. The van der Waals surface area contributed by atoms with Crippen LogP contribution in [0.5, 0.6) is 0 Å². The molecule has 1 atom stereocenters. The van der Waals surface area contributed by atoms with Crippen molar-refractivity contribution in [3.05, 3.63) is 7.05 Å². The number of hydrogen-bond donors (Lipinski definition) is 0. The Hall–Kier alpha value is -0.0400. The molecule has 0 aromatic rings. The molecule has 1 heteroatoms. The van der Waals surface area contributed by atoms with Crippen molar-refractivity contribution in [2.24, 2.45) is 5.92 Å². The highest BCUT2D eigenvalue weighted by Gasteiger charge is 2.11. The van der Waals surface area contributed by atoms with E-state index in [0.29, 0.717) is 0 Å². The molecule has 1 fully saturated rings. The largest absolute Gasteiger partial charge is 0.302 e. The van der Waals surface area contributed by atoms with Crippen molar-refractivity contribution in [3.63, 3.8) is 0 Å². The van der Waals surface area contributed by atoms with Crippen molar-refractivity contribution in [2.75, 3.05) is 13.1 Å². The first kappa shape index (κ1) is 6.09. The standard InChI is InChI=1S/C7H14N/c1-7-4-3-5-8(2)6-7/h7H,2-6H2,1H3. The number of piperidine rings is 1. The molecule has 0 aromatic heterocycles. The summed E-state index contributed by atoms with van der Waals surface area (Å²) in [5.74, 6) is 0.876. The van der Waals surface area contributed by atoms with Crippen molar-refractivity contribution in [1.82, 2.24) is 4.90 Å². The summed E-state index contributed by atoms with van der Waals surface area (Å²) >= 11 is 0. The van der Waals surface area contributed by atoms with Gasteiger partial charge in [-0.05, 0) is 25.3 Å². The molecule has 0 aliphatic carbocycles. The van der Waals surface area contributed by atoms with Gasteiger partial charge in [0.25, 0.3) is 0 Å². The molecule has 0 saturated carbocycles. The van der Waals surface area contributed by atoms with Crippen LogP contribution in [0.25, 0.3) is 0 Å². The zero-order valence-electron chi connectivity index (χ0n) is 5.56. The minimum absolute atomic E-state index is 0.876. The van der Waals surface area contributed by atoms with Crippen molar-refractivity contribution in [3.8, 4) is 0 Å². The van der Waals surface area contributed by atoms with Gasteiger partial charge in [-0.15, -0.1) is 0 Å². The van der Waals surface area contributed by atoms with E-state index in [2.05, 4.69) is 18.9 Å². The van der Waals surface area contributed by atoms with Gasteiger partial charge in [0.05, 0.1) is 0 Å². The van der Waals surface area contributed by atoms with E-state index in [1.807, 2.05) is 0 Å². The Balaban J connectivity index is 2.23. The summed E-state index contributed by atoms with van der Waals surface area (Å²) < 4.78 is 0. The zero-order chi connectivity index (χ0) is 5.98. The van der Waals surface area contributed by atoms with Gasteiger partial charge < -0.3 is 4.90 Å². The lowest BCUT2D eigenvalue weighted by molar-refractivity contribution is 0.244. The number of hydrogen-bond acceptors (Lipinski definition) is 1. The van der Waals surface area contributed by atoms with E-state index in [-0.39, 0.29) is 0 Å². The molecular weight excluding hydrogens is 98.1 g/mol. The lowest BCUT2D eigenvalue weighted by atomic mass is 10.0. The monoisotopic (exact) mass is 112 g/mol. The molecular formula is C7H14N. The maximum absolute atomic E-state index is 3.88. The van der Waals surface area contributed by atoms with Crippen LogP contribution >= 0.6 is 0 Å². The molecule has 1 aliphatic heterocycles. The minimum Gasteiger partial charge on any atom is -0.302 e. The SMILES string of the molecule is [CH2]N1CCCC(C)C1. The maximum atomic E-state index is 3.88. The average Bonchev–Trinajstić information content (AvgIpc) is 1.64. The first-order chi connectivity index (χ1) is 3.79. The van der Waals surface area contributed by atoms with Crippen LogP contribution in [0.2, 0.25) is 0 Å². The van der Waals surface area contributed by atoms with Crippen LogP contribution in [0.4, 0.5) is 0 Å². The van der Waals surface area contributed by atoms with Crippen LogP contribution in [0, 0.1) is 13.0 Å². The normalized spacial score (nSPS) is 33.0. The zero-order valence-corrected chi connectivity index (χ0v) is 5.56. The number of rotatable bonds is 0. The van der Waals surface area contributed by atoms with E-state index in [1.165, 1.54) is 25.9 Å². The highest BCUT2D eigenvalue weighted by molar-refractivity contribution is 4.67. The highest BCUT2D eigenvalue weighted by Crippen LogP contribution is 2.13. The van der Waals surface area contributed by atoms with Crippen LogP contribution in [0.3, 0.4) is 0 Å². The summed E-state index contributed by atoms with van der Waals surface area (Å²) in [6, 6.07) is 0. The van der Waals surface area contributed by atoms with E-state index >= 15 is 0 Å². The molecule has 0 spiro atoms. The molecule has 0 bridgehead atoms. The number of likely N-dealkylation sites (tertiary alicyclic amines) is 1. The van der Waals surface area contributed by atoms with Gasteiger partial charge >= 0.3 is 0 Å². The summed E-state index contributed by atoms with van der Waals surface area (Å²) in [4.78, 5) is 2.16. The van der Waals surface area contributed by atoms with Crippen LogP contribution in [-0.4, -0.2) is 18.0 Å². The topological polar surface area (TPSA) is 3.24 Å². The Morgan fingerprint density at radius 1 is 1.62 bits per heavy atom. The fraction of sp³-hybridized carbons (Fsp3) is 0.857. The van der Waals surface area contributed by atoms with Crippen molar-refractivity contribution in [1.29, 1.82) is 0 Å². The molecule has 0 amide bonds. The summed E-state index contributed by atoms with van der Waals surface area (Å²) in [5.41, 5.74) is 0. The van der Waals surface area contributed by atoms with E-state index in [1.54, 1.807) is 0 Å². The van der Waals surface area contributed by atoms with Crippen molar-refractivity contribution >= 4 is 0 Å². The molecule has 1 heterocycles. The first-order valence-electron chi connectivity index (χ1n) is 3.34. The quantitative estimate of drug-likeness (QED) is 0.459. The van der Waals surface area contributed by atoms with Gasteiger partial charge in [-0.3, -0.25) is 0 Å². The second-order valence-corrected chi connectivity index (χ2v) is 2.82. The summed E-state index contributed by atoms with van der Waals surface area (Å²) in [6.07, 6.45) is 2.73. The molecule has 1 aliphatic rings. The minimum atomic E-state index is 0.876. The molecule has 0 N–H and O–H groups in total. The van der Waals surface area contributed by atoms with Gasteiger partial charge in [0.15, 0.2) is 0 Å². The Labute approximate surface area is 51.7 Å². The molecule has 1 rings (SSSR count). The number of nitrogens with zero attached hydrogens (tertiary/aromatic N) is 1. The molecule has 1 radical (unpaired) electrons. The van der Waals surface area contributed by atoms with Gasteiger partial charge in [-0.25, -0.2) is 0 Å². The molecule has 1 nitrogen and oxygen atoms in total. The van der Waals surface area contributed by atoms with Crippen molar-refractivity contribution in [2.45, 2.75) is 19.8 Å². The van der Waals surface area contributed by atoms with Crippen LogP contribution in [0.15, 0.2) is 0 Å². The third-order valence-corrected chi connectivity index (χ3v) is 1.74. The Bertz CT molecular complexity index is 62.8.